The van der Waals surface area contributed by atoms with Crippen molar-refractivity contribution in [2.45, 2.75) is 76.6 Å². The molecule has 0 amide bonds. The number of allylic oxidation sites excluding steroid dienone is 8. The van der Waals surface area contributed by atoms with Gasteiger partial charge in [0.1, 0.15) is 0 Å². The molecule has 2 aliphatic carbocycles. The summed E-state index contributed by atoms with van der Waals surface area (Å²) >= 11 is -3.13. The van der Waals surface area contributed by atoms with Gasteiger partial charge in [-0.05, 0) is 0 Å². The molecule has 0 aromatic carbocycles. The van der Waals surface area contributed by atoms with Gasteiger partial charge in [0.25, 0.3) is 0 Å². The maximum absolute atomic E-state index is 3.13. The molecule has 26 heavy (non-hydrogen) atoms. The molecular formula is C22H40Cl2HfSi. The van der Waals surface area contributed by atoms with Gasteiger partial charge in [0, 0.05) is 0 Å². The van der Waals surface area contributed by atoms with E-state index in [4.69, 9.17) is 0 Å². The fourth-order valence-electron chi connectivity index (χ4n) is 4.95. The molecule has 0 spiro atoms. The average Bonchev–Trinajstić information content (AvgIpc) is 2.92. The summed E-state index contributed by atoms with van der Waals surface area (Å²) in [6.07, 6.45) is 10.1. The van der Waals surface area contributed by atoms with Gasteiger partial charge in [-0.2, -0.15) is 0 Å². The van der Waals surface area contributed by atoms with Gasteiger partial charge < -0.3 is 0 Å². The summed E-state index contributed by atoms with van der Waals surface area (Å²) in [7, 11) is 0. The standard InChI is InChI=1S/2C10H15.2CH3.2ClH.Hf.H2Si/c2*1-8(2)6-10-5-4-9(3)7-10;;;;;;/h2*7-8H,5-6H2,1-3H3;2*1H3;2*1H;;1H2. The van der Waals surface area contributed by atoms with E-state index in [1.807, 2.05) is 6.66 Å². The van der Waals surface area contributed by atoms with Crippen molar-refractivity contribution in [2.75, 3.05) is 0 Å². The largest absolute Gasteiger partial charge is 0.147 e. The van der Waals surface area contributed by atoms with Crippen LogP contribution in [-0.2, 0) is 17.1 Å². The number of hydrogen-bond donors (Lipinski definition) is 0. The number of halogens is 2. The quantitative estimate of drug-likeness (QED) is 0.286. The van der Waals surface area contributed by atoms with Crippen molar-refractivity contribution in [1.82, 2.24) is 0 Å². The zero-order chi connectivity index (χ0) is 18.3. The molecule has 0 atom stereocenters. The van der Waals surface area contributed by atoms with Crippen LogP contribution in [0.2, 0.25) is 9.36 Å². The molecule has 0 fully saturated rings. The molecule has 0 saturated carbocycles. The Bertz CT molecular complexity index is 671. The SMILES string of the molecule is CC1=[C]([Hf]([CH3])([CH3])(=[SiH2])[C]2=C(C)C=C(CC(C)C)C2)CC(CC(C)C)=C1.Cl.Cl. The normalized spacial score (nSPS) is 18.3. The van der Waals surface area contributed by atoms with Crippen LogP contribution in [0.5, 0.6) is 0 Å². The molecule has 150 valence electrons. The van der Waals surface area contributed by atoms with Crippen LogP contribution in [0.1, 0.15) is 67.2 Å². The number of hydrogen-bond acceptors (Lipinski definition) is 0. The average molecular weight is 582 g/mol. The molecule has 0 unspecified atom stereocenters. The van der Waals surface area contributed by atoms with Gasteiger partial charge in [-0.1, -0.05) is 0 Å². The molecule has 0 aliphatic heterocycles. The summed E-state index contributed by atoms with van der Waals surface area (Å²) < 4.78 is 9.14. The van der Waals surface area contributed by atoms with Gasteiger partial charge in [-0.3, -0.25) is 0 Å². The number of rotatable bonds is 6. The zero-order valence-electron chi connectivity index (χ0n) is 18.2. The van der Waals surface area contributed by atoms with Crippen molar-refractivity contribution < 1.29 is 17.1 Å². The molecule has 0 aromatic heterocycles. The van der Waals surface area contributed by atoms with E-state index in [1.165, 1.54) is 25.7 Å². The van der Waals surface area contributed by atoms with E-state index in [9.17, 15) is 0 Å². The first-order valence-corrected chi connectivity index (χ1v) is 28.9. The molecule has 0 bridgehead atoms. The van der Waals surface area contributed by atoms with Gasteiger partial charge in [0.2, 0.25) is 0 Å². The van der Waals surface area contributed by atoms with E-state index in [1.54, 1.807) is 22.3 Å². The van der Waals surface area contributed by atoms with Crippen molar-refractivity contribution in [3.63, 3.8) is 0 Å². The summed E-state index contributed by atoms with van der Waals surface area (Å²) in [4.78, 5) is 0. The third kappa shape index (κ3) is 5.81. The smallest absolute Gasteiger partial charge is 0.147 e. The Kier molecular flexibility index (Phi) is 9.64. The topological polar surface area (TPSA) is 0 Å². The van der Waals surface area contributed by atoms with Crippen LogP contribution in [0.3, 0.4) is 0 Å². The van der Waals surface area contributed by atoms with Gasteiger partial charge in [0.05, 0.1) is 0 Å². The van der Waals surface area contributed by atoms with Crippen molar-refractivity contribution in [1.29, 1.82) is 0 Å². The Morgan fingerprint density at radius 1 is 0.808 bits per heavy atom. The predicted molar refractivity (Wildman–Crippen MR) is 124 cm³/mol. The molecular weight excluding hydrogens is 542 g/mol. The van der Waals surface area contributed by atoms with Crippen molar-refractivity contribution in [3.05, 3.63) is 41.1 Å². The van der Waals surface area contributed by atoms with E-state index >= 15 is 0 Å². The first kappa shape index (κ1) is 26.6. The summed E-state index contributed by atoms with van der Waals surface area (Å²) in [5, 5.41) is 0. The van der Waals surface area contributed by atoms with Crippen molar-refractivity contribution in [3.8, 4) is 0 Å². The second-order valence-corrected chi connectivity index (χ2v) is 51.2. The molecule has 2 aliphatic rings. The van der Waals surface area contributed by atoms with E-state index in [2.05, 4.69) is 70.0 Å². The van der Waals surface area contributed by atoms with Crippen LogP contribution >= 0.6 is 24.8 Å². The van der Waals surface area contributed by atoms with Crippen molar-refractivity contribution >= 4 is 31.8 Å². The Hall–Kier alpha value is 0.627. The minimum atomic E-state index is -3.13. The van der Waals surface area contributed by atoms with Gasteiger partial charge in [-0.15, -0.1) is 24.8 Å². The minimum absolute atomic E-state index is 0. The Morgan fingerprint density at radius 2 is 1.12 bits per heavy atom. The van der Waals surface area contributed by atoms with Crippen LogP contribution in [0.4, 0.5) is 0 Å². The molecule has 4 heteroatoms. The first-order chi connectivity index (χ1) is 10.9. The fraction of sp³-hybridized carbons (Fsp3) is 0.636. The van der Waals surface area contributed by atoms with E-state index < -0.39 is 17.1 Å². The Labute approximate surface area is 177 Å². The Morgan fingerprint density at radius 3 is 1.38 bits per heavy atom. The predicted octanol–water partition coefficient (Wildman–Crippen LogP) is 7.46. The summed E-state index contributed by atoms with van der Waals surface area (Å²) in [6.45, 7) is 16.6. The van der Waals surface area contributed by atoms with Crippen molar-refractivity contribution in [2.24, 2.45) is 11.8 Å². The first-order valence-electron chi connectivity index (χ1n) is 9.76. The monoisotopic (exact) mass is 582 g/mol. The molecule has 0 radical (unpaired) electrons. The van der Waals surface area contributed by atoms with Gasteiger partial charge in [-0.25, -0.2) is 0 Å². The van der Waals surface area contributed by atoms with Gasteiger partial charge in [0.15, 0.2) is 0 Å². The summed E-state index contributed by atoms with van der Waals surface area (Å²) in [6, 6.07) is 0. The van der Waals surface area contributed by atoms with Crippen LogP contribution < -0.4 is 0 Å². The zero-order valence-corrected chi connectivity index (χ0v) is 24.8. The molecule has 2 rings (SSSR count). The van der Waals surface area contributed by atoms with Crippen LogP contribution in [-0.4, -0.2) is 6.94 Å². The molecule has 0 aromatic rings. The van der Waals surface area contributed by atoms with E-state index in [-0.39, 0.29) is 24.8 Å². The van der Waals surface area contributed by atoms with Gasteiger partial charge >= 0.3 is 154 Å². The van der Waals surface area contributed by atoms with Crippen LogP contribution in [0.15, 0.2) is 41.1 Å². The molecule has 0 heterocycles. The van der Waals surface area contributed by atoms with Crippen LogP contribution in [0, 0.1) is 11.8 Å². The van der Waals surface area contributed by atoms with E-state index in [0.29, 0.717) is 0 Å². The third-order valence-corrected chi connectivity index (χ3v) is 30.9. The maximum Gasteiger partial charge on any atom is -0.147 e. The Balaban J connectivity index is 0.00000312. The molecule has 0 nitrogen and oxygen atoms in total. The molecule has 0 saturated heterocycles. The molecule has 0 N–H and O–H groups in total. The maximum atomic E-state index is 2.70. The second-order valence-electron chi connectivity index (χ2n) is 10.2. The third-order valence-electron chi connectivity index (χ3n) is 5.88. The second kappa shape index (κ2) is 9.42. The summed E-state index contributed by atoms with van der Waals surface area (Å²) in [5.41, 5.74) is 6.59. The summed E-state index contributed by atoms with van der Waals surface area (Å²) in [5.74, 6) is 1.54. The fourth-order valence-corrected chi connectivity index (χ4v) is 28.2. The van der Waals surface area contributed by atoms with E-state index in [0.717, 1.165) is 11.8 Å². The van der Waals surface area contributed by atoms with Crippen LogP contribution in [0.25, 0.3) is 0 Å². The minimum Gasteiger partial charge on any atom is -0.147 e.